The molecular weight excluding hydrogens is 340 g/mol. The quantitative estimate of drug-likeness (QED) is 0.832. The van der Waals surface area contributed by atoms with E-state index in [0.717, 1.165) is 10.2 Å². The van der Waals surface area contributed by atoms with Crippen LogP contribution in [-0.4, -0.2) is 11.8 Å². The average Bonchev–Trinajstić information content (AvgIpc) is 2.95. The maximum atomic E-state index is 11.6. The minimum absolute atomic E-state index is 0.129. The Hall–Kier alpha value is -1.66. The molecule has 1 atom stereocenters. The van der Waals surface area contributed by atoms with E-state index in [1.54, 1.807) is 23.5 Å². The highest BCUT2D eigenvalue weighted by Crippen LogP contribution is 2.29. The highest BCUT2D eigenvalue weighted by molar-refractivity contribution is 9.10. The van der Waals surface area contributed by atoms with Crippen LogP contribution < -0.4 is 10.6 Å². The first-order valence-corrected chi connectivity index (χ1v) is 7.72. The van der Waals surface area contributed by atoms with Crippen molar-refractivity contribution in [2.24, 2.45) is 0 Å². The lowest BCUT2D eigenvalue weighted by Gasteiger charge is -2.14. The number of carbonyl (C=O) groups excluding carboxylic acids is 2. The number of thiophene rings is 1. The van der Waals surface area contributed by atoms with E-state index in [1.807, 2.05) is 11.4 Å². The van der Waals surface area contributed by atoms with Crippen LogP contribution in [0.5, 0.6) is 0 Å². The third-order valence-corrected chi connectivity index (χ3v) is 5.01. The summed E-state index contributed by atoms with van der Waals surface area (Å²) in [6, 6.07) is 7.40. The van der Waals surface area contributed by atoms with Crippen LogP contribution in [0, 0.1) is 0 Å². The molecule has 0 saturated carbocycles. The van der Waals surface area contributed by atoms with E-state index < -0.39 is 0 Å². The molecule has 1 aliphatic heterocycles. The molecule has 0 saturated heterocycles. The van der Waals surface area contributed by atoms with Crippen LogP contribution in [0.3, 0.4) is 0 Å². The summed E-state index contributed by atoms with van der Waals surface area (Å²) in [7, 11) is 0. The predicted octanol–water partition coefficient (Wildman–Crippen LogP) is 3.57. The minimum atomic E-state index is -0.333. The molecule has 0 aliphatic carbocycles. The summed E-state index contributed by atoms with van der Waals surface area (Å²) in [5.74, 6) is -0.660. The second-order valence-corrected chi connectivity index (χ2v) is 6.44. The standard InChI is InChI=1S/C14H11BrN2O2S/c1-7(12-4-8(15)6-20-12)16-9-2-3-10-11(5-9)14(19)17-13(10)18/h2-7,16H,1H3,(H,17,18,19). The summed E-state index contributed by atoms with van der Waals surface area (Å²) < 4.78 is 1.06. The van der Waals surface area contributed by atoms with Crippen LogP contribution in [0.25, 0.3) is 0 Å². The fourth-order valence-corrected chi connectivity index (χ4v) is 3.59. The van der Waals surface area contributed by atoms with Crippen LogP contribution in [0.15, 0.2) is 34.1 Å². The van der Waals surface area contributed by atoms with Crippen LogP contribution in [0.4, 0.5) is 5.69 Å². The lowest BCUT2D eigenvalue weighted by Crippen LogP contribution is -2.19. The summed E-state index contributed by atoms with van der Waals surface area (Å²) in [5, 5.41) is 7.65. The van der Waals surface area contributed by atoms with E-state index in [1.165, 1.54) is 4.88 Å². The fourth-order valence-electron chi connectivity index (χ4n) is 2.13. The Morgan fingerprint density at radius 1 is 1.20 bits per heavy atom. The predicted molar refractivity (Wildman–Crippen MR) is 82.3 cm³/mol. The summed E-state index contributed by atoms with van der Waals surface area (Å²) >= 11 is 5.09. The first-order valence-electron chi connectivity index (χ1n) is 6.05. The van der Waals surface area contributed by atoms with Gasteiger partial charge in [0, 0.05) is 20.4 Å². The molecule has 2 amide bonds. The van der Waals surface area contributed by atoms with E-state index in [4.69, 9.17) is 0 Å². The van der Waals surface area contributed by atoms with E-state index in [9.17, 15) is 9.59 Å². The van der Waals surface area contributed by atoms with Gasteiger partial charge in [0.1, 0.15) is 0 Å². The third-order valence-electron chi connectivity index (χ3n) is 3.13. The lowest BCUT2D eigenvalue weighted by molar-refractivity contribution is 0.0879. The molecule has 102 valence electrons. The third kappa shape index (κ3) is 2.36. The number of rotatable bonds is 3. The summed E-state index contributed by atoms with van der Waals surface area (Å²) in [6.45, 7) is 2.05. The molecule has 4 nitrogen and oxygen atoms in total. The maximum absolute atomic E-state index is 11.6. The topological polar surface area (TPSA) is 58.2 Å². The van der Waals surface area contributed by atoms with Crippen LogP contribution in [0.2, 0.25) is 0 Å². The molecule has 20 heavy (non-hydrogen) atoms. The number of benzene rings is 1. The number of anilines is 1. The van der Waals surface area contributed by atoms with Gasteiger partial charge < -0.3 is 5.32 Å². The van der Waals surface area contributed by atoms with Crippen LogP contribution >= 0.6 is 27.3 Å². The first-order chi connectivity index (χ1) is 9.54. The van der Waals surface area contributed by atoms with Crippen LogP contribution in [0.1, 0.15) is 38.6 Å². The number of hydrogen-bond acceptors (Lipinski definition) is 4. The number of imide groups is 1. The largest absolute Gasteiger partial charge is 0.378 e. The Morgan fingerprint density at radius 2 is 1.95 bits per heavy atom. The number of hydrogen-bond donors (Lipinski definition) is 2. The zero-order chi connectivity index (χ0) is 14.3. The number of carbonyl (C=O) groups is 2. The van der Waals surface area contributed by atoms with Gasteiger partial charge in [-0.2, -0.15) is 0 Å². The van der Waals surface area contributed by atoms with Gasteiger partial charge >= 0.3 is 0 Å². The number of amides is 2. The molecule has 0 fully saturated rings. The maximum Gasteiger partial charge on any atom is 0.259 e. The zero-order valence-electron chi connectivity index (χ0n) is 10.6. The molecule has 2 heterocycles. The molecule has 0 radical (unpaired) electrons. The number of halogens is 1. The molecule has 0 spiro atoms. The van der Waals surface area contributed by atoms with Gasteiger partial charge in [-0.15, -0.1) is 11.3 Å². The van der Waals surface area contributed by atoms with Crippen LogP contribution in [-0.2, 0) is 0 Å². The normalized spacial score (nSPS) is 14.9. The van der Waals surface area contributed by atoms with Gasteiger partial charge in [-0.05, 0) is 47.1 Å². The molecule has 1 unspecified atom stereocenters. The Bertz CT molecular complexity index is 711. The Balaban J connectivity index is 1.84. The second kappa shape index (κ2) is 5.03. The highest BCUT2D eigenvalue weighted by atomic mass is 79.9. The summed E-state index contributed by atoms with van der Waals surface area (Å²) in [6.07, 6.45) is 0. The zero-order valence-corrected chi connectivity index (χ0v) is 13.0. The Labute approximate surface area is 128 Å². The first kappa shape index (κ1) is 13.3. The molecular formula is C14H11BrN2O2S. The lowest BCUT2D eigenvalue weighted by atomic mass is 10.1. The molecule has 1 aliphatic rings. The van der Waals surface area contributed by atoms with Gasteiger partial charge in [-0.1, -0.05) is 0 Å². The molecule has 1 aromatic carbocycles. The van der Waals surface area contributed by atoms with E-state index in [2.05, 4.69) is 39.6 Å². The van der Waals surface area contributed by atoms with Gasteiger partial charge in [0.25, 0.3) is 11.8 Å². The second-order valence-electron chi connectivity index (χ2n) is 4.58. The molecule has 1 aromatic heterocycles. The van der Waals surface area contributed by atoms with Gasteiger partial charge in [0.15, 0.2) is 0 Å². The van der Waals surface area contributed by atoms with Gasteiger partial charge in [-0.3, -0.25) is 14.9 Å². The van der Waals surface area contributed by atoms with Gasteiger partial charge in [0.05, 0.1) is 17.2 Å². The molecule has 6 heteroatoms. The average molecular weight is 351 g/mol. The summed E-state index contributed by atoms with van der Waals surface area (Å²) in [5.41, 5.74) is 1.69. The Kier molecular flexibility index (Phi) is 3.35. The number of nitrogens with one attached hydrogen (secondary N) is 2. The van der Waals surface area contributed by atoms with Crippen molar-refractivity contribution in [1.82, 2.24) is 5.32 Å². The van der Waals surface area contributed by atoms with Crippen molar-refractivity contribution < 1.29 is 9.59 Å². The van der Waals surface area contributed by atoms with Crippen molar-refractivity contribution in [3.63, 3.8) is 0 Å². The highest BCUT2D eigenvalue weighted by Gasteiger charge is 2.26. The van der Waals surface area contributed by atoms with Crippen molar-refractivity contribution >= 4 is 44.8 Å². The van der Waals surface area contributed by atoms with Crippen molar-refractivity contribution in [3.8, 4) is 0 Å². The molecule has 2 N–H and O–H groups in total. The van der Waals surface area contributed by atoms with Crippen molar-refractivity contribution in [3.05, 3.63) is 50.1 Å². The van der Waals surface area contributed by atoms with Gasteiger partial charge in [0.2, 0.25) is 0 Å². The molecule has 2 aromatic rings. The summed E-state index contributed by atoms with van der Waals surface area (Å²) in [4.78, 5) is 24.3. The fraction of sp³-hybridized carbons (Fsp3) is 0.143. The Morgan fingerprint density at radius 3 is 2.65 bits per heavy atom. The van der Waals surface area contributed by atoms with Crippen molar-refractivity contribution in [2.45, 2.75) is 13.0 Å². The van der Waals surface area contributed by atoms with E-state index in [-0.39, 0.29) is 17.9 Å². The van der Waals surface area contributed by atoms with Crippen molar-refractivity contribution in [1.29, 1.82) is 0 Å². The van der Waals surface area contributed by atoms with E-state index in [0.29, 0.717) is 11.1 Å². The smallest absolute Gasteiger partial charge is 0.259 e. The van der Waals surface area contributed by atoms with Gasteiger partial charge in [-0.25, -0.2) is 0 Å². The minimum Gasteiger partial charge on any atom is -0.378 e. The SMILES string of the molecule is CC(Nc1ccc2c(c1)C(=O)NC2=O)c1cc(Br)cs1. The molecule has 0 bridgehead atoms. The van der Waals surface area contributed by atoms with Crippen molar-refractivity contribution in [2.75, 3.05) is 5.32 Å². The van der Waals surface area contributed by atoms with E-state index >= 15 is 0 Å². The monoisotopic (exact) mass is 350 g/mol. The number of fused-ring (bicyclic) bond motifs is 1. The molecule has 3 rings (SSSR count).